The molecule has 0 aromatic heterocycles. The van der Waals surface area contributed by atoms with Crippen LogP contribution in [0.1, 0.15) is 33.6 Å². The third-order valence-electron chi connectivity index (χ3n) is 5.08. The molecule has 1 unspecified atom stereocenters. The van der Waals surface area contributed by atoms with Gasteiger partial charge in [0, 0.05) is 35.8 Å². The van der Waals surface area contributed by atoms with Gasteiger partial charge in [-0.25, -0.2) is 9.59 Å². The molecule has 3 rings (SSSR count). The van der Waals surface area contributed by atoms with Crippen molar-refractivity contribution in [2.24, 2.45) is 5.73 Å². The van der Waals surface area contributed by atoms with Gasteiger partial charge in [-0.3, -0.25) is 4.79 Å². The van der Waals surface area contributed by atoms with Crippen molar-refractivity contribution in [3.8, 4) is 28.7 Å². The molecule has 0 saturated carbocycles. The summed E-state index contributed by atoms with van der Waals surface area (Å²) in [5, 5.41) is 78.9. The van der Waals surface area contributed by atoms with Gasteiger partial charge in [-0.05, 0) is 69.7 Å². The van der Waals surface area contributed by atoms with Gasteiger partial charge in [0.1, 0.15) is 34.5 Å². The number of nitrogens with two attached hydrogens (primary N) is 1. The predicted molar refractivity (Wildman–Crippen MR) is 168 cm³/mol. The molecule has 0 spiro atoms. The summed E-state index contributed by atoms with van der Waals surface area (Å²) in [6.07, 6.45) is 3.70. The molecule has 0 aliphatic heterocycles. The molecule has 246 valence electrons. The molecule has 0 amide bonds. The lowest BCUT2D eigenvalue weighted by atomic mass is 9.81. The minimum Gasteiger partial charge on any atom is -0.509 e. The van der Waals surface area contributed by atoms with Crippen LogP contribution >= 0.6 is 0 Å². The Balaban J connectivity index is 0. The quantitative estimate of drug-likeness (QED) is 0.159. The first-order valence-electron chi connectivity index (χ1n) is 12.9. The Bertz CT molecular complexity index is 1290. The van der Waals surface area contributed by atoms with E-state index < -0.39 is 23.3 Å². The lowest BCUT2D eigenvalue weighted by Gasteiger charge is -2.29. The Hall–Kier alpha value is -5.53. The fourth-order valence-electron chi connectivity index (χ4n) is 2.75. The van der Waals surface area contributed by atoms with E-state index in [1.807, 2.05) is 0 Å². The first-order valence-corrected chi connectivity index (χ1v) is 12.9. The Morgan fingerprint density at radius 2 is 1.02 bits per heavy atom. The summed E-state index contributed by atoms with van der Waals surface area (Å²) < 4.78 is 0. The maximum absolute atomic E-state index is 11.8. The van der Waals surface area contributed by atoms with Crippen molar-refractivity contribution in [3.63, 3.8) is 0 Å². The van der Waals surface area contributed by atoms with E-state index in [1.54, 1.807) is 6.08 Å². The highest BCUT2D eigenvalue weighted by atomic mass is 16.4. The number of phenols is 5. The topological polar surface area (TPSA) is 259 Å². The predicted octanol–water partition coefficient (Wildman–Crippen LogP) is 4.18. The zero-order valence-corrected chi connectivity index (χ0v) is 25.3. The van der Waals surface area contributed by atoms with Crippen LogP contribution in [0.15, 0.2) is 102 Å². The summed E-state index contributed by atoms with van der Waals surface area (Å²) in [5.74, 6) is -2.85. The number of aliphatic hydroxyl groups excluding tert-OH is 1. The van der Waals surface area contributed by atoms with E-state index in [2.05, 4.69) is 19.7 Å². The number of rotatable bonds is 6. The van der Waals surface area contributed by atoms with Crippen molar-refractivity contribution in [1.29, 1.82) is 0 Å². The van der Waals surface area contributed by atoms with E-state index in [-0.39, 0.29) is 57.6 Å². The van der Waals surface area contributed by atoms with Crippen molar-refractivity contribution in [3.05, 3.63) is 102 Å². The molecule has 45 heavy (non-hydrogen) atoms. The van der Waals surface area contributed by atoms with Crippen LogP contribution in [0.3, 0.4) is 0 Å². The highest BCUT2D eigenvalue weighted by Gasteiger charge is 2.42. The second kappa shape index (κ2) is 20.4. The number of hydrogen-bond acceptors (Lipinski definition) is 11. The van der Waals surface area contributed by atoms with Crippen molar-refractivity contribution in [2.75, 3.05) is 6.54 Å². The number of aliphatic hydroxyl groups is 2. The number of carbonyl (C=O) groups excluding carboxylic acids is 1. The molecular weight excluding hydrogens is 590 g/mol. The summed E-state index contributed by atoms with van der Waals surface area (Å²) in [6, 6.07) is 9.12. The number of aliphatic carboxylic acids is 2. The number of phenolic OH excluding ortho intramolecular Hbond substituents is 5. The zero-order chi connectivity index (χ0) is 35.5. The summed E-state index contributed by atoms with van der Waals surface area (Å²) in [6.45, 7) is 14.6. The molecule has 1 aliphatic carbocycles. The number of aromatic hydroxyl groups is 5. The highest BCUT2D eigenvalue weighted by molar-refractivity contribution is 6.03. The third kappa shape index (κ3) is 17.9. The van der Waals surface area contributed by atoms with Crippen molar-refractivity contribution in [1.82, 2.24) is 0 Å². The second-order valence-electron chi connectivity index (χ2n) is 9.46. The van der Waals surface area contributed by atoms with Gasteiger partial charge in [-0.1, -0.05) is 31.4 Å². The number of carboxylic acid groups (broad SMARTS) is 2. The van der Waals surface area contributed by atoms with Crippen LogP contribution in [-0.2, 0) is 14.4 Å². The van der Waals surface area contributed by atoms with Gasteiger partial charge in [-0.15, -0.1) is 0 Å². The van der Waals surface area contributed by atoms with Gasteiger partial charge in [0.2, 0.25) is 0 Å². The number of hydrogen-bond donors (Lipinski definition) is 10. The van der Waals surface area contributed by atoms with E-state index in [4.69, 9.17) is 41.5 Å². The Kier molecular flexibility index (Phi) is 18.9. The van der Waals surface area contributed by atoms with E-state index in [1.165, 1.54) is 51.1 Å². The standard InChI is InChI=1S/C12H17NO3.C6H6O3.C6H6O2.2C4H6O2/c1-8(2)11(15)12(16)7-9(5-6-13)3-4-10(12)14;7-4-1-5(8)3-6(9)2-4;7-5-1-2-6(8)4-3-5;2*1-3(2)4(5)6/h3-4,14,16H,1,5-7,13H2,2H3;1-3,7-9H;1-4,7-8H;2*1H2,2H3,(H,5,6). The van der Waals surface area contributed by atoms with Crippen LogP contribution < -0.4 is 5.73 Å². The average Bonchev–Trinajstić information content (AvgIpc) is 2.92. The van der Waals surface area contributed by atoms with Crippen LogP contribution in [0.25, 0.3) is 0 Å². The van der Waals surface area contributed by atoms with Crippen LogP contribution in [-0.4, -0.2) is 75.8 Å². The molecule has 0 radical (unpaired) electrons. The fourth-order valence-corrected chi connectivity index (χ4v) is 2.75. The Morgan fingerprint density at radius 3 is 1.29 bits per heavy atom. The molecule has 2 aromatic carbocycles. The van der Waals surface area contributed by atoms with E-state index >= 15 is 0 Å². The monoisotopic (exact) mass is 631 g/mol. The average molecular weight is 632 g/mol. The smallest absolute Gasteiger partial charge is 0.330 e. The molecule has 1 atom stereocenters. The van der Waals surface area contributed by atoms with Crippen molar-refractivity contribution < 1.29 is 60.3 Å². The first-order chi connectivity index (χ1) is 20.7. The molecule has 11 N–H and O–H groups in total. The second-order valence-corrected chi connectivity index (χ2v) is 9.46. The number of ketones is 1. The van der Waals surface area contributed by atoms with Crippen molar-refractivity contribution >= 4 is 17.7 Å². The van der Waals surface area contributed by atoms with E-state index in [0.717, 1.165) is 23.8 Å². The molecule has 13 heteroatoms. The molecule has 0 heterocycles. The van der Waals surface area contributed by atoms with Crippen LogP contribution in [0.5, 0.6) is 28.7 Å². The SMILES string of the molecule is C=C(C)C(=O)C1(O)CC(CCN)=CC=C1O.C=C(C)C(=O)O.C=C(C)C(=O)O.Oc1cc(O)cc(O)c1.Oc1ccc(O)cc1. The van der Waals surface area contributed by atoms with Crippen molar-refractivity contribution in [2.45, 2.75) is 39.2 Å². The minimum absolute atomic E-state index is 0.0816. The van der Waals surface area contributed by atoms with Crippen LogP contribution in [0.4, 0.5) is 0 Å². The molecule has 0 saturated heterocycles. The summed E-state index contributed by atoms with van der Waals surface area (Å²) in [7, 11) is 0. The number of Topliss-reactive ketones (excluding diaryl/α,β-unsaturated/α-hetero) is 1. The maximum Gasteiger partial charge on any atom is 0.330 e. The molecule has 13 nitrogen and oxygen atoms in total. The third-order valence-corrected chi connectivity index (χ3v) is 5.08. The largest absolute Gasteiger partial charge is 0.509 e. The van der Waals surface area contributed by atoms with Gasteiger partial charge >= 0.3 is 11.9 Å². The molecule has 0 bridgehead atoms. The summed E-state index contributed by atoms with van der Waals surface area (Å²) in [4.78, 5) is 31.0. The van der Waals surface area contributed by atoms with Gasteiger partial charge in [-0.2, -0.15) is 0 Å². The first kappa shape index (κ1) is 41.6. The Morgan fingerprint density at radius 1 is 0.689 bits per heavy atom. The van der Waals surface area contributed by atoms with Gasteiger partial charge in [0.15, 0.2) is 11.4 Å². The fraction of sp³-hybridized carbons (Fsp3) is 0.219. The van der Waals surface area contributed by atoms with Crippen LogP contribution in [0, 0.1) is 0 Å². The molecule has 1 aliphatic rings. The zero-order valence-electron chi connectivity index (χ0n) is 25.3. The molecule has 2 aromatic rings. The molecular formula is C32H41NO12. The van der Waals surface area contributed by atoms with Gasteiger partial charge < -0.3 is 51.7 Å². The normalized spacial score (nSPS) is 14.2. The van der Waals surface area contributed by atoms with E-state index in [0.29, 0.717) is 13.0 Å². The number of carboxylic acids is 2. The minimum atomic E-state index is -1.86. The summed E-state index contributed by atoms with van der Waals surface area (Å²) in [5.41, 5.74) is 4.97. The lowest BCUT2D eigenvalue weighted by Crippen LogP contribution is -2.42. The number of allylic oxidation sites excluding steroid dienone is 2. The maximum atomic E-state index is 11.8. The van der Waals surface area contributed by atoms with Gasteiger partial charge in [0.25, 0.3) is 0 Å². The molecule has 0 fully saturated rings. The van der Waals surface area contributed by atoms with E-state index in [9.17, 15) is 24.6 Å². The van der Waals surface area contributed by atoms with Crippen LogP contribution in [0.2, 0.25) is 0 Å². The number of benzene rings is 2. The lowest BCUT2D eigenvalue weighted by molar-refractivity contribution is -0.133. The summed E-state index contributed by atoms with van der Waals surface area (Å²) >= 11 is 0. The number of carbonyl (C=O) groups is 3. The highest BCUT2D eigenvalue weighted by Crippen LogP contribution is 2.32. The van der Waals surface area contributed by atoms with Gasteiger partial charge in [0.05, 0.1) is 0 Å². The Labute approximate surface area is 260 Å².